The van der Waals surface area contributed by atoms with Gasteiger partial charge in [0.15, 0.2) is 0 Å². The summed E-state index contributed by atoms with van der Waals surface area (Å²) in [5.74, 6) is -1.06. The van der Waals surface area contributed by atoms with Crippen molar-refractivity contribution in [2.24, 2.45) is 5.92 Å². The number of carboxylic acids is 1. The van der Waals surface area contributed by atoms with Crippen LogP contribution in [-0.4, -0.2) is 21.2 Å². The smallest absolute Gasteiger partial charge is 0.317 e. The first kappa shape index (κ1) is 13.5. The fraction of sp³-hybridized carbons (Fsp3) is 0.364. The number of hydrogen-bond donors (Lipinski definition) is 1. The first-order valence-corrected chi connectivity index (χ1v) is 5.94. The van der Waals surface area contributed by atoms with Crippen molar-refractivity contribution in [3.05, 3.63) is 34.4 Å². The van der Waals surface area contributed by atoms with Crippen LogP contribution in [0.15, 0.2) is 29.2 Å². The van der Waals surface area contributed by atoms with E-state index in [2.05, 4.69) is 0 Å². The van der Waals surface area contributed by atoms with Gasteiger partial charge in [-0.1, -0.05) is 26.0 Å². The number of aliphatic carboxylic acids is 1. The van der Waals surface area contributed by atoms with Crippen molar-refractivity contribution in [2.75, 3.05) is 0 Å². The van der Waals surface area contributed by atoms with Gasteiger partial charge in [-0.3, -0.25) is 14.9 Å². The van der Waals surface area contributed by atoms with Gasteiger partial charge in [-0.2, -0.15) is 0 Å². The van der Waals surface area contributed by atoms with Gasteiger partial charge >= 0.3 is 5.97 Å². The molecule has 92 valence electrons. The third kappa shape index (κ3) is 3.45. The summed E-state index contributed by atoms with van der Waals surface area (Å²) in [5.41, 5.74) is -0.0515. The Kier molecular flexibility index (Phi) is 4.51. The minimum Gasteiger partial charge on any atom is -0.480 e. The molecule has 0 spiro atoms. The van der Waals surface area contributed by atoms with Gasteiger partial charge in [0.05, 0.1) is 9.82 Å². The lowest BCUT2D eigenvalue weighted by molar-refractivity contribution is -0.387. The summed E-state index contributed by atoms with van der Waals surface area (Å²) in [5, 5.41) is 19.1. The summed E-state index contributed by atoms with van der Waals surface area (Å²) in [6, 6.07) is 6.17. The van der Waals surface area contributed by atoms with Crippen LogP contribution in [0.3, 0.4) is 0 Å². The molecule has 17 heavy (non-hydrogen) atoms. The molecule has 6 heteroatoms. The van der Waals surface area contributed by atoms with E-state index in [1.54, 1.807) is 32.0 Å². The lowest BCUT2D eigenvalue weighted by Crippen LogP contribution is -2.22. The van der Waals surface area contributed by atoms with Gasteiger partial charge in [0.2, 0.25) is 0 Å². The van der Waals surface area contributed by atoms with Gasteiger partial charge in [0.25, 0.3) is 5.69 Å². The van der Waals surface area contributed by atoms with Crippen molar-refractivity contribution in [1.29, 1.82) is 0 Å². The first-order valence-electron chi connectivity index (χ1n) is 5.06. The number of hydrogen-bond acceptors (Lipinski definition) is 4. The molecule has 1 rings (SSSR count). The van der Waals surface area contributed by atoms with Gasteiger partial charge in [0.1, 0.15) is 5.25 Å². The van der Waals surface area contributed by atoms with Crippen LogP contribution in [0.4, 0.5) is 5.69 Å². The summed E-state index contributed by atoms with van der Waals surface area (Å²) in [7, 11) is 0. The molecule has 1 unspecified atom stereocenters. The maximum atomic E-state index is 11.0. The fourth-order valence-electron chi connectivity index (χ4n) is 1.32. The molecule has 1 N–H and O–H groups in total. The summed E-state index contributed by atoms with van der Waals surface area (Å²) < 4.78 is 0. The number of carbonyl (C=O) groups is 1. The molecule has 0 radical (unpaired) electrons. The minimum absolute atomic E-state index is 0.0515. The number of para-hydroxylation sites is 1. The Morgan fingerprint density at radius 1 is 1.41 bits per heavy atom. The third-order valence-electron chi connectivity index (χ3n) is 2.16. The average molecular weight is 255 g/mol. The fourth-order valence-corrected chi connectivity index (χ4v) is 2.38. The highest BCUT2D eigenvalue weighted by atomic mass is 32.2. The van der Waals surface area contributed by atoms with Gasteiger partial charge in [0, 0.05) is 6.07 Å². The SMILES string of the molecule is CC(C)C(Sc1ccccc1[N+](=O)[O-])C(=O)O. The number of nitrogens with zero attached hydrogens (tertiary/aromatic N) is 1. The van der Waals surface area contributed by atoms with Crippen molar-refractivity contribution < 1.29 is 14.8 Å². The normalized spacial score (nSPS) is 12.4. The molecule has 0 aliphatic carbocycles. The van der Waals surface area contributed by atoms with Crippen LogP contribution in [0.5, 0.6) is 0 Å². The third-order valence-corrected chi connectivity index (χ3v) is 3.76. The van der Waals surface area contributed by atoms with Crippen LogP contribution in [-0.2, 0) is 4.79 Å². The lowest BCUT2D eigenvalue weighted by Gasteiger charge is -2.15. The van der Waals surface area contributed by atoms with Crippen molar-refractivity contribution >= 4 is 23.4 Å². The Hall–Kier alpha value is -1.56. The zero-order valence-electron chi connectivity index (χ0n) is 9.49. The standard InChI is InChI=1S/C11H13NO4S/c1-7(2)10(11(13)14)17-9-6-4-3-5-8(9)12(15)16/h3-7,10H,1-2H3,(H,13,14). The molecule has 0 saturated heterocycles. The van der Waals surface area contributed by atoms with Crippen molar-refractivity contribution in [1.82, 2.24) is 0 Å². The van der Waals surface area contributed by atoms with E-state index in [9.17, 15) is 14.9 Å². The lowest BCUT2D eigenvalue weighted by atomic mass is 10.1. The van der Waals surface area contributed by atoms with Crippen LogP contribution in [0.2, 0.25) is 0 Å². The van der Waals surface area contributed by atoms with E-state index in [4.69, 9.17) is 5.11 Å². The Balaban J connectivity index is 3.01. The molecule has 0 heterocycles. The summed E-state index contributed by atoms with van der Waals surface area (Å²) in [6.45, 7) is 3.56. The average Bonchev–Trinajstić information content (AvgIpc) is 2.25. The number of nitro benzene ring substituents is 1. The zero-order chi connectivity index (χ0) is 13.0. The van der Waals surface area contributed by atoms with E-state index < -0.39 is 16.1 Å². The number of thioether (sulfide) groups is 1. The monoisotopic (exact) mass is 255 g/mol. The molecule has 5 nitrogen and oxygen atoms in total. The van der Waals surface area contributed by atoms with Crippen LogP contribution in [0, 0.1) is 16.0 Å². The quantitative estimate of drug-likeness (QED) is 0.497. The highest BCUT2D eigenvalue weighted by Crippen LogP contribution is 2.34. The zero-order valence-corrected chi connectivity index (χ0v) is 10.3. The molecule has 0 aliphatic rings. The second kappa shape index (κ2) is 5.67. The second-order valence-electron chi connectivity index (χ2n) is 3.85. The predicted octanol–water partition coefficient (Wildman–Crippen LogP) is 2.80. The predicted molar refractivity (Wildman–Crippen MR) is 65.2 cm³/mol. The van der Waals surface area contributed by atoms with Crippen molar-refractivity contribution in [3.8, 4) is 0 Å². The maximum Gasteiger partial charge on any atom is 0.317 e. The second-order valence-corrected chi connectivity index (χ2v) is 5.03. The van der Waals surface area contributed by atoms with E-state index in [1.165, 1.54) is 6.07 Å². The highest BCUT2D eigenvalue weighted by Gasteiger charge is 2.26. The Bertz CT molecular complexity index is 433. The highest BCUT2D eigenvalue weighted by molar-refractivity contribution is 8.00. The molecule has 0 aliphatic heterocycles. The molecule has 0 aromatic heterocycles. The molecule has 0 fully saturated rings. The molecule has 0 bridgehead atoms. The maximum absolute atomic E-state index is 11.0. The molecule has 1 atom stereocenters. The van der Waals surface area contributed by atoms with Crippen LogP contribution < -0.4 is 0 Å². The Morgan fingerprint density at radius 3 is 2.47 bits per heavy atom. The van der Waals surface area contributed by atoms with Crippen LogP contribution in [0.1, 0.15) is 13.8 Å². The molecule has 0 amide bonds. The first-order chi connectivity index (χ1) is 7.93. The van der Waals surface area contributed by atoms with E-state index in [0.29, 0.717) is 4.90 Å². The van der Waals surface area contributed by atoms with Gasteiger partial charge < -0.3 is 5.11 Å². The van der Waals surface area contributed by atoms with E-state index in [-0.39, 0.29) is 11.6 Å². The molecule has 1 aromatic carbocycles. The number of rotatable bonds is 5. The topological polar surface area (TPSA) is 80.4 Å². The number of benzene rings is 1. The summed E-state index contributed by atoms with van der Waals surface area (Å²) >= 11 is 1.02. The van der Waals surface area contributed by atoms with Gasteiger partial charge in [-0.05, 0) is 12.0 Å². The molecular formula is C11H13NO4S. The summed E-state index contributed by atoms with van der Waals surface area (Å²) in [6.07, 6.45) is 0. The largest absolute Gasteiger partial charge is 0.480 e. The van der Waals surface area contributed by atoms with Crippen molar-refractivity contribution in [2.45, 2.75) is 24.0 Å². The summed E-state index contributed by atoms with van der Waals surface area (Å²) in [4.78, 5) is 21.7. The molecular weight excluding hydrogens is 242 g/mol. The molecule has 0 saturated carbocycles. The van der Waals surface area contributed by atoms with E-state index in [0.717, 1.165) is 11.8 Å². The Labute approximate surface area is 103 Å². The van der Waals surface area contributed by atoms with Crippen LogP contribution >= 0.6 is 11.8 Å². The van der Waals surface area contributed by atoms with Gasteiger partial charge in [-0.25, -0.2) is 0 Å². The number of nitro groups is 1. The Morgan fingerprint density at radius 2 is 2.00 bits per heavy atom. The minimum atomic E-state index is -0.955. The van der Waals surface area contributed by atoms with Crippen LogP contribution in [0.25, 0.3) is 0 Å². The van der Waals surface area contributed by atoms with Gasteiger partial charge in [-0.15, -0.1) is 11.8 Å². The molecule has 1 aromatic rings. The number of carboxylic acid groups (broad SMARTS) is 1. The van der Waals surface area contributed by atoms with E-state index in [1.807, 2.05) is 0 Å². The van der Waals surface area contributed by atoms with E-state index >= 15 is 0 Å². The van der Waals surface area contributed by atoms with Crippen molar-refractivity contribution in [3.63, 3.8) is 0 Å².